The predicted molar refractivity (Wildman–Crippen MR) is 65.4 cm³/mol. The van der Waals surface area contributed by atoms with Crippen LogP contribution in [0.2, 0.25) is 0 Å². The minimum Gasteiger partial charge on any atom is -0.493 e. The van der Waals surface area contributed by atoms with E-state index >= 15 is 0 Å². The van der Waals surface area contributed by atoms with Crippen LogP contribution in [-0.2, 0) is 4.79 Å². The molecule has 18 heavy (non-hydrogen) atoms. The first-order valence-electron chi connectivity index (χ1n) is 5.29. The Balaban J connectivity index is 2.26. The number of aliphatic hydroxyl groups excluding tert-OH is 1. The van der Waals surface area contributed by atoms with Gasteiger partial charge in [-0.2, -0.15) is 0 Å². The molecule has 2 heterocycles. The molecular weight excluding hydrogens is 304 g/mol. The van der Waals surface area contributed by atoms with E-state index in [-0.39, 0.29) is 29.7 Å². The van der Waals surface area contributed by atoms with Gasteiger partial charge in [-0.15, -0.1) is 10.2 Å². The molecule has 96 valence electrons. The van der Waals surface area contributed by atoms with Crippen molar-refractivity contribution >= 4 is 27.5 Å². The van der Waals surface area contributed by atoms with E-state index in [1.54, 1.807) is 6.92 Å². The summed E-state index contributed by atoms with van der Waals surface area (Å²) < 4.78 is 5.46. The SMILES string of the molecule is CCN1CC(=O)C(N=Nc2noc(C)c2Br)=C1O. The van der Waals surface area contributed by atoms with Gasteiger partial charge in [0.1, 0.15) is 10.2 Å². The number of carbonyl (C=O) groups is 1. The molecule has 8 heteroatoms. The number of aryl methyl sites for hydroxylation is 1. The van der Waals surface area contributed by atoms with Crippen LogP contribution in [0.15, 0.2) is 30.8 Å². The van der Waals surface area contributed by atoms with Crippen LogP contribution in [0.3, 0.4) is 0 Å². The number of nitrogens with zero attached hydrogens (tertiary/aromatic N) is 4. The van der Waals surface area contributed by atoms with Crippen molar-refractivity contribution in [2.75, 3.05) is 13.1 Å². The quantitative estimate of drug-likeness (QED) is 0.865. The van der Waals surface area contributed by atoms with Gasteiger partial charge in [-0.05, 0) is 29.8 Å². The van der Waals surface area contributed by atoms with Crippen LogP contribution in [0.25, 0.3) is 0 Å². The van der Waals surface area contributed by atoms with Crippen molar-refractivity contribution in [1.82, 2.24) is 10.1 Å². The number of halogens is 1. The van der Waals surface area contributed by atoms with Crippen molar-refractivity contribution < 1.29 is 14.4 Å². The molecule has 1 aromatic heterocycles. The average molecular weight is 315 g/mol. The van der Waals surface area contributed by atoms with Crippen LogP contribution in [0, 0.1) is 6.92 Å². The van der Waals surface area contributed by atoms with E-state index in [1.807, 2.05) is 6.92 Å². The molecule has 1 N–H and O–H groups in total. The molecule has 7 nitrogen and oxygen atoms in total. The molecule has 0 aromatic carbocycles. The van der Waals surface area contributed by atoms with Crippen LogP contribution in [0.1, 0.15) is 12.7 Å². The summed E-state index contributed by atoms with van der Waals surface area (Å²) in [5.41, 5.74) is -0.0515. The van der Waals surface area contributed by atoms with Gasteiger partial charge in [-0.3, -0.25) is 4.79 Å². The Hall–Kier alpha value is -1.70. The van der Waals surface area contributed by atoms with E-state index in [4.69, 9.17) is 4.52 Å². The summed E-state index contributed by atoms with van der Waals surface area (Å²) in [5, 5.41) is 20.9. The monoisotopic (exact) mass is 314 g/mol. The lowest BCUT2D eigenvalue weighted by Crippen LogP contribution is -2.21. The fraction of sp³-hybridized carbons (Fsp3) is 0.400. The second kappa shape index (κ2) is 4.89. The highest BCUT2D eigenvalue weighted by atomic mass is 79.9. The second-order valence-corrected chi connectivity index (χ2v) is 4.48. The zero-order chi connectivity index (χ0) is 13.3. The number of likely N-dealkylation sites (N-methyl/N-ethyl adjacent to an activating group) is 1. The topological polar surface area (TPSA) is 91.3 Å². The highest BCUT2D eigenvalue weighted by Gasteiger charge is 2.29. The number of hydrogen-bond donors (Lipinski definition) is 1. The first-order chi connectivity index (χ1) is 8.54. The van der Waals surface area contributed by atoms with Crippen LogP contribution < -0.4 is 0 Å². The smallest absolute Gasteiger partial charge is 0.231 e. The Morgan fingerprint density at radius 1 is 1.56 bits per heavy atom. The van der Waals surface area contributed by atoms with Gasteiger partial charge >= 0.3 is 0 Å². The van der Waals surface area contributed by atoms with Gasteiger partial charge in [0.25, 0.3) is 0 Å². The summed E-state index contributed by atoms with van der Waals surface area (Å²) in [6.07, 6.45) is 0. The molecule has 0 bridgehead atoms. The fourth-order valence-corrected chi connectivity index (χ4v) is 1.69. The number of hydrogen-bond acceptors (Lipinski definition) is 7. The molecule has 1 aliphatic rings. The largest absolute Gasteiger partial charge is 0.493 e. The maximum Gasteiger partial charge on any atom is 0.231 e. The van der Waals surface area contributed by atoms with Crippen LogP contribution >= 0.6 is 15.9 Å². The number of aliphatic hydroxyl groups is 1. The van der Waals surface area contributed by atoms with Crippen molar-refractivity contribution in [1.29, 1.82) is 0 Å². The number of rotatable bonds is 3. The van der Waals surface area contributed by atoms with Crippen molar-refractivity contribution in [3.8, 4) is 0 Å². The Bertz CT molecular complexity index is 549. The molecule has 0 radical (unpaired) electrons. The molecule has 1 aliphatic heterocycles. The predicted octanol–water partition coefficient (Wildman–Crippen LogP) is 2.46. The lowest BCUT2D eigenvalue weighted by molar-refractivity contribution is -0.115. The van der Waals surface area contributed by atoms with Crippen molar-refractivity contribution in [2.45, 2.75) is 13.8 Å². The van der Waals surface area contributed by atoms with Crippen molar-refractivity contribution in [3.63, 3.8) is 0 Å². The maximum absolute atomic E-state index is 11.6. The van der Waals surface area contributed by atoms with Crippen molar-refractivity contribution in [3.05, 3.63) is 21.8 Å². The highest BCUT2D eigenvalue weighted by molar-refractivity contribution is 9.10. The molecule has 0 saturated heterocycles. The number of ketones is 1. The number of azo groups is 1. The third kappa shape index (κ3) is 2.15. The second-order valence-electron chi connectivity index (χ2n) is 3.69. The van der Waals surface area contributed by atoms with Gasteiger partial charge in [0.05, 0.1) is 6.54 Å². The summed E-state index contributed by atoms with van der Waals surface area (Å²) in [7, 11) is 0. The van der Waals surface area contributed by atoms with Crippen LogP contribution in [0.4, 0.5) is 5.82 Å². The summed E-state index contributed by atoms with van der Waals surface area (Å²) in [6.45, 7) is 4.20. The Labute approximate surface area is 111 Å². The Kier molecular flexibility index (Phi) is 3.46. The van der Waals surface area contributed by atoms with Gasteiger partial charge in [-0.25, -0.2) is 0 Å². The number of aromatic nitrogens is 1. The molecule has 2 rings (SSSR count). The lowest BCUT2D eigenvalue weighted by atomic mass is 10.3. The zero-order valence-corrected chi connectivity index (χ0v) is 11.4. The van der Waals surface area contributed by atoms with E-state index < -0.39 is 0 Å². The van der Waals surface area contributed by atoms with Crippen LogP contribution in [-0.4, -0.2) is 34.0 Å². The van der Waals surface area contributed by atoms with Crippen molar-refractivity contribution in [2.24, 2.45) is 10.2 Å². The maximum atomic E-state index is 11.6. The summed E-state index contributed by atoms with van der Waals surface area (Å²) in [5.74, 6) is 0.377. The summed E-state index contributed by atoms with van der Waals surface area (Å²) in [6, 6.07) is 0. The molecule has 0 spiro atoms. The molecule has 0 atom stereocenters. The van der Waals surface area contributed by atoms with Gasteiger partial charge in [0.2, 0.25) is 17.5 Å². The van der Waals surface area contributed by atoms with E-state index in [0.29, 0.717) is 16.8 Å². The molecule has 0 aliphatic carbocycles. The molecular formula is C10H11BrN4O3. The normalized spacial score (nSPS) is 16.4. The molecule has 0 unspecified atom stereocenters. The van der Waals surface area contributed by atoms with Crippen LogP contribution in [0.5, 0.6) is 0 Å². The summed E-state index contributed by atoms with van der Waals surface area (Å²) in [4.78, 5) is 13.1. The van der Waals surface area contributed by atoms with Gasteiger partial charge in [-0.1, -0.05) is 5.16 Å². The first kappa shape index (κ1) is 12.7. The Morgan fingerprint density at radius 2 is 2.28 bits per heavy atom. The lowest BCUT2D eigenvalue weighted by Gasteiger charge is -2.12. The number of carbonyl (C=O) groups excluding carboxylic acids is 1. The molecule has 1 aromatic rings. The zero-order valence-electron chi connectivity index (χ0n) is 9.84. The van der Waals surface area contributed by atoms with Gasteiger partial charge < -0.3 is 14.5 Å². The minimum absolute atomic E-state index is 0.0515. The van der Waals surface area contributed by atoms with E-state index in [2.05, 4.69) is 31.3 Å². The third-order valence-corrected chi connectivity index (χ3v) is 3.42. The molecule has 0 saturated carbocycles. The van der Waals surface area contributed by atoms with E-state index in [9.17, 15) is 9.90 Å². The number of Topliss-reactive ketones (excluding diaryl/α,β-unsaturated/α-hetero) is 1. The fourth-order valence-electron chi connectivity index (χ4n) is 1.47. The molecule has 0 fully saturated rings. The Morgan fingerprint density at radius 3 is 2.78 bits per heavy atom. The van der Waals surface area contributed by atoms with Gasteiger partial charge in [0, 0.05) is 6.54 Å². The van der Waals surface area contributed by atoms with E-state index in [0.717, 1.165) is 0 Å². The van der Waals surface area contributed by atoms with Gasteiger partial charge in [0.15, 0.2) is 5.70 Å². The third-order valence-electron chi connectivity index (χ3n) is 2.51. The molecule has 0 amide bonds. The first-order valence-corrected chi connectivity index (χ1v) is 6.08. The minimum atomic E-state index is -0.269. The highest BCUT2D eigenvalue weighted by Crippen LogP contribution is 2.29. The summed E-state index contributed by atoms with van der Waals surface area (Å²) >= 11 is 3.23. The van der Waals surface area contributed by atoms with E-state index in [1.165, 1.54) is 4.90 Å². The standard InChI is InChI=1S/C10H11BrN4O3/c1-3-15-4-6(16)8(10(15)17)12-13-9-7(11)5(2)18-14-9/h17H,3-4H2,1-2H3. The average Bonchev–Trinajstić information content (AvgIpc) is 2.80.